The number of hydrogen-bond donors (Lipinski definition) is 1. The Kier molecular flexibility index (Phi) is 5.74. The van der Waals surface area contributed by atoms with E-state index in [1.165, 1.54) is 32.1 Å². The van der Waals surface area contributed by atoms with E-state index < -0.39 is 0 Å². The topological polar surface area (TPSA) is 32.3 Å². The number of piperazine rings is 1. The van der Waals surface area contributed by atoms with Crippen LogP contribution in [0, 0.1) is 5.41 Å². The largest absolute Gasteiger partial charge is 0.340 e. The Labute approximate surface area is 111 Å². The van der Waals surface area contributed by atoms with Gasteiger partial charge in [0.1, 0.15) is 0 Å². The van der Waals surface area contributed by atoms with Gasteiger partial charge in [-0.25, -0.2) is 0 Å². The van der Waals surface area contributed by atoms with Gasteiger partial charge in [0.25, 0.3) is 0 Å². The summed E-state index contributed by atoms with van der Waals surface area (Å²) in [5.41, 5.74) is 0.292. The summed E-state index contributed by atoms with van der Waals surface area (Å²) in [6.07, 6.45) is 7.23. The van der Waals surface area contributed by atoms with E-state index in [0.717, 1.165) is 32.6 Å². The first kappa shape index (κ1) is 14.8. The lowest BCUT2D eigenvalue weighted by Gasteiger charge is -2.36. The van der Waals surface area contributed by atoms with Gasteiger partial charge < -0.3 is 10.2 Å². The summed E-state index contributed by atoms with van der Waals surface area (Å²) in [7, 11) is 0. The third-order valence-corrected chi connectivity index (χ3v) is 4.11. The lowest BCUT2D eigenvalue weighted by Crippen LogP contribution is -2.47. The van der Waals surface area contributed by atoms with E-state index in [1.54, 1.807) is 0 Å². The molecule has 0 atom stereocenters. The van der Waals surface area contributed by atoms with E-state index in [9.17, 15) is 4.79 Å². The molecule has 1 aliphatic carbocycles. The minimum atomic E-state index is 0. The van der Waals surface area contributed by atoms with Gasteiger partial charge in [0.15, 0.2) is 0 Å². The highest BCUT2D eigenvalue weighted by Crippen LogP contribution is 2.39. The SMILES string of the molecule is CC1(CC(=O)N2CCNCC2)CCCCC1.Cl. The van der Waals surface area contributed by atoms with Gasteiger partial charge in [-0.05, 0) is 18.3 Å². The van der Waals surface area contributed by atoms with Crippen LogP contribution in [0.4, 0.5) is 0 Å². The quantitative estimate of drug-likeness (QED) is 0.826. The molecular weight excluding hydrogens is 236 g/mol. The first-order chi connectivity index (χ1) is 7.70. The van der Waals surface area contributed by atoms with Crippen LogP contribution in [0.25, 0.3) is 0 Å². The number of amides is 1. The van der Waals surface area contributed by atoms with Crippen molar-refractivity contribution in [1.29, 1.82) is 0 Å². The fourth-order valence-corrected chi connectivity index (χ4v) is 2.97. The minimum Gasteiger partial charge on any atom is -0.340 e. The molecule has 2 rings (SSSR count). The zero-order valence-corrected chi connectivity index (χ0v) is 11.7. The van der Waals surface area contributed by atoms with Gasteiger partial charge in [-0.2, -0.15) is 0 Å². The molecule has 17 heavy (non-hydrogen) atoms. The molecule has 0 spiro atoms. The molecule has 1 heterocycles. The Hall–Kier alpha value is -0.280. The number of hydrogen-bond acceptors (Lipinski definition) is 2. The first-order valence-electron chi connectivity index (χ1n) is 6.68. The maximum absolute atomic E-state index is 12.2. The van der Waals surface area contributed by atoms with Crippen LogP contribution in [-0.4, -0.2) is 37.0 Å². The van der Waals surface area contributed by atoms with Crippen molar-refractivity contribution >= 4 is 18.3 Å². The molecule has 1 N–H and O–H groups in total. The Morgan fingerprint density at radius 1 is 1.18 bits per heavy atom. The van der Waals surface area contributed by atoms with Gasteiger partial charge in [-0.3, -0.25) is 4.79 Å². The van der Waals surface area contributed by atoms with Crippen molar-refractivity contribution in [2.75, 3.05) is 26.2 Å². The van der Waals surface area contributed by atoms with Crippen molar-refractivity contribution in [1.82, 2.24) is 10.2 Å². The fourth-order valence-electron chi connectivity index (χ4n) is 2.97. The molecule has 0 aromatic heterocycles. The summed E-state index contributed by atoms with van der Waals surface area (Å²) in [6, 6.07) is 0. The van der Waals surface area contributed by atoms with E-state index in [4.69, 9.17) is 0 Å². The third kappa shape index (κ3) is 4.14. The molecule has 3 nitrogen and oxygen atoms in total. The monoisotopic (exact) mass is 260 g/mol. The number of nitrogens with zero attached hydrogens (tertiary/aromatic N) is 1. The Morgan fingerprint density at radius 2 is 1.76 bits per heavy atom. The molecular formula is C13H25ClN2O. The summed E-state index contributed by atoms with van der Waals surface area (Å²) in [6.45, 7) is 6.01. The first-order valence-corrected chi connectivity index (χ1v) is 6.68. The average molecular weight is 261 g/mol. The van der Waals surface area contributed by atoms with Crippen LogP contribution in [0.2, 0.25) is 0 Å². The normalized spacial score (nSPS) is 23.9. The molecule has 0 unspecified atom stereocenters. The minimum absolute atomic E-state index is 0. The van der Waals surface area contributed by atoms with E-state index in [0.29, 0.717) is 11.3 Å². The lowest BCUT2D eigenvalue weighted by atomic mass is 9.73. The van der Waals surface area contributed by atoms with Crippen molar-refractivity contribution in [3.05, 3.63) is 0 Å². The molecule has 0 radical (unpaired) electrons. The highest BCUT2D eigenvalue weighted by Gasteiger charge is 2.31. The van der Waals surface area contributed by atoms with Crippen LogP contribution >= 0.6 is 12.4 Å². The Morgan fingerprint density at radius 3 is 2.35 bits per heavy atom. The lowest BCUT2D eigenvalue weighted by molar-refractivity contribution is -0.134. The van der Waals surface area contributed by atoms with Crippen molar-refractivity contribution in [3.8, 4) is 0 Å². The Balaban J connectivity index is 0.00000144. The number of halogens is 1. The summed E-state index contributed by atoms with van der Waals surface area (Å²) < 4.78 is 0. The molecule has 2 fully saturated rings. The van der Waals surface area contributed by atoms with Gasteiger partial charge in [0.2, 0.25) is 5.91 Å². The van der Waals surface area contributed by atoms with E-state index >= 15 is 0 Å². The number of carbonyl (C=O) groups is 1. The molecule has 1 saturated carbocycles. The maximum atomic E-state index is 12.2. The van der Waals surface area contributed by atoms with E-state index in [2.05, 4.69) is 12.2 Å². The second-order valence-corrected chi connectivity index (χ2v) is 5.68. The van der Waals surface area contributed by atoms with Crippen LogP contribution in [0.3, 0.4) is 0 Å². The highest BCUT2D eigenvalue weighted by atomic mass is 35.5. The van der Waals surface area contributed by atoms with Crippen molar-refractivity contribution in [2.45, 2.75) is 45.4 Å². The molecule has 1 saturated heterocycles. The smallest absolute Gasteiger partial charge is 0.223 e. The van der Waals surface area contributed by atoms with Gasteiger partial charge in [0, 0.05) is 32.6 Å². The van der Waals surface area contributed by atoms with Crippen LogP contribution < -0.4 is 5.32 Å². The molecule has 100 valence electrons. The predicted octanol–water partition coefficient (Wildman–Crippen LogP) is 2.20. The van der Waals surface area contributed by atoms with Crippen molar-refractivity contribution < 1.29 is 4.79 Å². The van der Waals surface area contributed by atoms with Gasteiger partial charge in [0.05, 0.1) is 0 Å². The number of nitrogens with one attached hydrogen (secondary N) is 1. The molecule has 4 heteroatoms. The second-order valence-electron chi connectivity index (χ2n) is 5.68. The van der Waals surface area contributed by atoms with Crippen molar-refractivity contribution in [2.24, 2.45) is 5.41 Å². The predicted molar refractivity (Wildman–Crippen MR) is 72.5 cm³/mol. The standard InChI is InChI=1S/C13H24N2O.ClH/c1-13(5-3-2-4-6-13)11-12(16)15-9-7-14-8-10-15;/h14H,2-11H2,1H3;1H. The fraction of sp³-hybridized carbons (Fsp3) is 0.923. The van der Waals surface area contributed by atoms with Gasteiger partial charge in [-0.1, -0.05) is 26.2 Å². The molecule has 1 aliphatic heterocycles. The molecule has 0 bridgehead atoms. The number of carbonyl (C=O) groups excluding carboxylic acids is 1. The van der Waals surface area contributed by atoms with Crippen molar-refractivity contribution in [3.63, 3.8) is 0 Å². The maximum Gasteiger partial charge on any atom is 0.223 e. The zero-order valence-electron chi connectivity index (χ0n) is 10.8. The Bertz CT molecular complexity index is 246. The molecule has 0 aromatic carbocycles. The van der Waals surface area contributed by atoms with Gasteiger partial charge >= 0.3 is 0 Å². The van der Waals surface area contributed by atoms with Gasteiger partial charge in [-0.15, -0.1) is 12.4 Å². The third-order valence-electron chi connectivity index (χ3n) is 4.11. The summed E-state index contributed by atoms with van der Waals surface area (Å²) in [4.78, 5) is 14.2. The van der Waals surface area contributed by atoms with Crippen LogP contribution in [0.5, 0.6) is 0 Å². The zero-order chi connectivity index (χ0) is 11.4. The summed E-state index contributed by atoms with van der Waals surface area (Å²) in [5.74, 6) is 0.380. The number of rotatable bonds is 2. The second kappa shape index (κ2) is 6.60. The molecule has 2 aliphatic rings. The summed E-state index contributed by atoms with van der Waals surface area (Å²) >= 11 is 0. The highest BCUT2D eigenvalue weighted by molar-refractivity contribution is 5.85. The summed E-state index contributed by atoms with van der Waals surface area (Å²) in [5, 5.41) is 3.29. The van der Waals surface area contributed by atoms with E-state index in [1.807, 2.05) is 4.90 Å². The molecule has 0 aromatic rings. The average Bonchev–Trinajstić information content (AvgIpc) is 2.30. The van der Waals surface area contributed by atoms with Crippen LogP contribution in [0.1, 0.15) is 45.4 Å². The molecule has 1 amide bonds. The van der Waals surface area contributed by atoms with E-state index in [-0.39, 0.29) is 12.4 Å². The van der Waals surface area contributed by atoms with Crippen LogP contribution in [-0.2, 0) is 4.79 Å². The van der Waals surface area contributed by atoms with Crippen LogP contribution in [0.15, 0.2) is 0 Å².